The topological polar surface area (TPSA) is 79.0 Å². The van der Waals surface area contributed by atoms with Crippen LogP contribution < -0.4 is 5.32 Å². The highest BCUT2D eigenvalue weighted by atomic mass is 19.1. The first-order valence-corrected chi connectivity index (χ1v) is 10.1. The molecule has 2 rings (SSSR count). The molecule has 0 saturated carbocycles. The Balaban J connectivity index is 2.00. The Hall–Kier alpha value is -2.71. The number of nitrogens with zero attached hydrogens (tertiary/aromatic N) is 2. The lowest BCUT2D eigenvalue weighted by Gasteiger charge is -2.36. The quantitative estimate of drug-likeness (QED) is 0.760. The van der Waals surface area contributed by atoms with Crippen molar-refractivity contribution in [1.29, 1.82) is 0 Å². The fourth-order valence-electron chi connectivity index (χ4n) is 3.08. The van der Waals surface area contributed by atoms with Gasteiger partial charge in [-0.25, -0.2) is 13.6 Å². The van der Waals surface area contributed by atoms with E-state index in [9.17, 15) is 23.2 Å². The van der Waals surface area contributed by atoms with Crippen LogP contribution in [0.25, 0.3) is 0 Å². The number of ether oxygens (including phenoxy) is 1. The Bertz CT molecular complexity index is 757. The molecule has 0 radical (unpaired) electrons. The first-order chi connectivity index (χ1) is 14.1. The summed E-state index contributed by atoms with van der Waals surface area (Å²) in [4.78, 5) is 40.5. The normalized spacial score (nSPS) is 15.3. The van der Waals surface area contributed by atoms with Gasteiger partial charge in [-0.1, -0.05) is 33.8 Å². The molecule has 1 aliphatic heterocycles. The minimum atomic E-state index is -0.990. The Morgan fingerprint density at radius 1 is 1.00 bits per heavy atom. The minimum absolute atomic E-state index is 0.228. The molecule has 1 fully saturated rings. The lowest BCUT2D eigenvalue weighted by Crippen LogP contribution is -2.57. The second kappa shape index (κ2) is 10.4. The molecule has 1 saturated heterocycles. The maximum atomic E-state index is 13.9. The molecule has 3 amide bonds. The van der Waals surface area contributed by atoms with E-state index in [2.05, 4.69) is 5.32 Å². The summed E-state index contributed by atoms with van der Waals surface area (Å²) >= 11 is 0. The van der Waals surface area contributed by atoms with E-state index >= 15 is 0 Å². The summed E-state index contributed by atoms with van der Waals surface area (Å²) in [6.07, 6.45) is -0.417. The van der Waals surface area contributed by atoms with Crippen molar-refractivity contribution < 1.29 is 27.9 Å². The first-order valence-electron chi connectivity index (χ1n) is 10.1. The largest absolute Gasteiger partial charge is 0.449 e. The van der Waals surface area contributed by atoms with Gasteiger partial charge in [0.1, 0.15) is 23.2 Å². The lowest BCUT2D eigenvalue weighted by molar-refractivity contribution is -0.136. The Morgan fingerprint density at radius 2 is 1.53 bits per heavy atom. The molecule has 0 unspecified atom stereocenters. The van der Waals surface area contributed by atoms with Crippen molar-refractivity contribution in [3.05, 3.63) is 35.4 Å². The fourth-order valence-corrected chi connectivity index (χ4v) is 3.08. The summed E-state index contributed by atoms with van der Waals surface area (Å²) in [5, 5.41) is 2.46. The van der Waals surface area contributed by atoms with Gasteiger partial charge in [0.25, 0.3) is 5.91 Å². The van der Waals surface area contributed by atoms with Gasteiger partial charge in [-0.05, 0) is 24.0 Å². The molecule has 0 aliphatic carbocycles. The van der Waals surface area contributed by atoms with E-state index in [1.165, 1.54) is 9.80 Å². The van der Waals surface area contributed by atoms with Gasteiger partial charge in [0.05, 0.1) is 6.61 Å². The molecule has 1 aromatic rings. The number of amides is 3. The molecule has 9 heteroatoms. The molecule has 1 heterocycles. The van der Waals surface area contributed by atoms with E-state index in [1.807, 2.05) is 13.8 Å². The van der Waals surface area contributed by atoms with Gasteiger partial charge in [-0.15, -0.1) is 0 Å². The van der Waals surface area contributed by atoms with Crippen LogP contribution in [-0.2, 0) is 9.53 Å². The zero-order valence-electron chi connectivity index (χ0n) is 17.8. The number of benzene rings is 1. The predicted octanol–water partition coefficient (Wildman–Crippen LogP) is 2.66. The average Bonchev–Trinajstić information content (AvgIpc) is 2.69. The SMILES string of the molecule is CC(C)COC(=O)N1CCN(C(=O)[C@@H](NC(=O)c2c(F)cccc2F)C(C)C)CC1. The van der Waals surface area contributed by atoms with Crippen LogP contribution in [0.5, 0.6) is 0 Å². The minimum Gasteiger partial charge on any atom is -0.449 e. The number of hydrogen-bond acceptors (Lipinski definition) is 4. The first kappa shape index (κ1) is 23.6. The van der Waals surface area contributed by atoms with Crippen molar-refractivity contribution in [1.82, 2.24) is 15.1 Å². The van der Waals surface area contributed by atoms with Crippen molar-refractivity contribution in [3.63, 3.8) is 0 Å². The van der Waals surface area contributed by atoms with Crippen LogP contribution >= 0.6 is 0 Å². The third kappa shape index (κ3) is 5.90. The summed E-state index contributed by atoms with van der Waals surface area (Å²) in [5.74, 6) is -3.39. The summed E-state index contributed by atoms with van der Waals surface area (Å²) in [7, 11) is 0. The van der Waals surface area contributed by atoms with E-state index in [0.29, 0.717) is 19.7 Å². The van der Waals surface area contributed by atoms with Gasteiger partial charge in [0.2, 0.25) is 5.91 Å². The van der Waals surface area contributed by atoms with E-state index in [1.54, 1.807) is 13.8 Å². The molecule has 1 N–H and O–H groups in total. The van der Waals surface area contributed by atoms with Gasteiger partial charge in [0.15, 0.2) is 0 Å². The fraction of sp³-hybridized carbons (Fsp3) is 0.571. The van der Waals surface area contributed by atoms with Crippen LogP contribution in [0.4, 0.5) is 13.6 Å². The number of rotatable bonds is 6. The van der Waals surface area contributed by atoms with Crippen molar-refractivity contribution in [2.45, 2.75) is 33.7 Å². The lowest BCUT2D eigenvalue weighted by atomic mass is 10.0. The molecule has 0 bridgehead atoms. The molecule has 7 nitrogen and oxygen atoms in total. The average molecular weight is 425 g/mol. The smallest absolute Gasteiger partial charge is 0.409 e. The highest BCUT2D eigenvalue weighted by Gasteiger charge is 2.33. The summed E-state index contributed by atoms with van der Waals surface area (Å²) < 4.78 is 33.0. The van der Waals surface area contributed by atoms with Crippen molar-refractivity contribution in [2.75, 3.05) is 32.8 Å². The maximum absolute atomic E-state index is 13.9. The van der Waals surface area contributed by atoms with E-state index < -0.39 is 35.2 Å². The highest BCUT2D eigenvalue weighted by Crippen LogP contribution is 2.15. The third-order valence-electron chi connectivity index (χ3n) is 4.80. The molecule has 0 aromatic heterocycles. The van der Waals surface area contributed by atoms with Gasteiger partial charge in [-0.3, -0.25) is 9.59 Å². The van der Waals surface area contributed by atoms with Crippen LogP contribution in [0.1, 0.15) is 38.1 Å². The Morgan fingerprint density at radius 3 is 2.03 bits per heavy atom. The molecule has 0 spiro atoms. The van der Waals surface area contributed by atoms with Gasteiger partial charge in [0, 0.05) is 26.2 Å². The number of nitrogens with one attached hydrogen (secondary N) is 1. The van der Waals surface area contributed by atoms with Gasteiger partial charge < -0.3 is 19.9 Å². The maximum Gasteiger partial charge on any atom is 0.409 e. The van der Waals surface area contributed by atoms with Crippen LogP contribution in [0.2, 0.25) is 0 Å². The van der Waals surface area contributed by atoms with Crippen LogP contribution in [0, 0.1) is 23.5 Å². The number of carbonyl (C=O) groups excluding carboxylic acids is 3. The number of halogens is 2. The highest BCUT2D eigenvalue weighted by molar-refractivity contribution is 5.98. The van der Waals surface area contributed by atoms with Crippen molar-refractivity contribution in [2.24, 2.45) is 11.8 Å². The molecule has 1 atom stereocenters. The van der Waals surface area contributed by atoms with Crippen LogP contribution in [-0.4, -0.2) is 66.5 Å². The molecule has 166 valence electrons. The summed E-state index contributed by atoms with van der Waals surface area (Å²) in [5.41, 5.74) is -0.714. The number of piperazine rings is 1. The second-order valence-corrected chi connectivity index (χ2v) is 8.07. The van der Waals surface area contributed by atoms with Crippen molar-refractivity contribution >= 4 is 17.9 Å². The second-order valence-electron chi connectivity index (χ2n) is 8.07. The standard InChI is InChI=1S/C21H29F2N3O4/c1-13(2)12-30-21(29)26-10-8-25(9-11-26)20(28)18(14(3)4)24-19(27)17-15(22)6-5-7-16(17)23/h5-7,13-14,18H,8-12H2,1-4H3,(H,24,27)/t18-/m0/s1. The zero-order chi connectivity index (χ0) is 22.4. The third-order valence-corrected chi connectivity index (χ3v) is 4.80. The van der Waals surface area contributed by atoms with Crippen LogP contribution in [0.3, 0.4) is 0 Å². The molecule has 1 aliphatic rings. The summed E-state index contributed by atoms with van der Waals surface area (Å²) in [6.45, 7) is 8.86. The molecule has 1 aromatic carbocycles. The van der Waals surface area contributed by atoms with Crippen LogP contribution in [0.15, 0.2) is 18.2 Å². The van der Waals surface area contributed by atoms with Crippen molar-refractivity contribution in [3.8, 4) is 0 Å². The van der Waals surface area contributed by atoms with Gasteiger partial charge >= 0.3 is 6.09 Å². The Labute approximate surface area is 175 Å². The van der Waals surface area contributed by atoms with Gasteiger partial charge in [-0.2, -0.15) is 0 Å². The molecular weight excluding hydrogens is 396 g/mol. The van der Waals surface area contributed by atoms with E-state index in [0.717, 1.165) is 18.2 Å². The zero-order valence-corrected chi connectivity index (χ0v) is 17.8. The van der Waals surface area contributed by atoms with E-state index in [-0.39, 0.29) is 30.8 Å². The number of carbonyl (C=O) groups is 3. The number of hydrogen-bond donors (Lipinski definition) is 1. The molecular formula is C21H29F2N3O4. The monoisotopic (exact) mass is 425 g/mol. The molecule has 30 heavy (non-hydrogen) atoms. The predicted molar refractivity (Wildman–Crippen MR) is 107 cm³/mol. The van der Waals surface area contributed by atoms with E-state index in [4.69, 9.17) is 4.74 Å². The Kier molecular flexibility index (Phi) is 8.14. The summed E-state index contributed by atoms with van der Waals surface area (Å²) in [6, 6.07) is 2.19.